The van der Waals surface area contributed by atoms with E-state index < -0.39 is 0 Å². The molecule has 1 saturated carbocycles. The molecule has 0 amide bonds. The van der Waals surface area contributed by atoms with Crippen molar-refractivity contribution in [3.63, 3.8) is 0 Å². The molecule has 1 fully saturated rings. The molecule has 6 heteroatoms. The first kappa shape index (κ1) is 17.7. The number of halogens is 1. The van der Waals surface area contributed by atoms with Crippen LogP contribution in [0.15, 0.2) is 10.4 Å². The van der Waals surface area contributed by atoms with Gasteiger partial charge in [0.1, 0.15) is 0 Å². The Balaban J connectivity index is 0.00000200. The molecule has 114 valence electrons. The Morgan fingerprint density at radius 2 is 2.15 bits per heavy atom. The second-order valence-corrected chi connectivity index (χ2v) is 5.93. The smallest absolute Gasteiger partial charge is 0.191 e. The molecular formula is C14H25IN4S. The number of guanidine groups is 1. The maximum Gasteiger partial charge on any atom is 0.191 e. The van der Waals surface area contributed by atoms with E-state index in [9.17, 15) is 0 Å². The van der Waals surface area contributed by atoms with Crippen LogP contribution in [0.1, 0.15) is 49.7 Å². The fourth-order valence-corrected chi connectivity index (χ4v) is 3.15. The highest BCUT2D eigenvalue weighted by Crippen LogP contribution is 2.17. The van der Waals surface area contributed by atoms with Gasteiger partial charge in [0.2, 0.25) is 0 Å². The van der Waals surface area contributed by atoms with Crippen molar-refractivity contribution in [2.24, 2.45) is 4.99 Å². The van der Waals surface area contributed by atoms with Crippen molar-refractivity contribution in [2.45, 2.75) is 58.0 Å². The minimum atomic E-state index is 0. The molecule has 4 nitrogen and oxygen atoms in total. The third-order valence-electron chi connectivity index (χ3n) is 3.51. The average Bonchev–Trinajstić information content (AvgIpc) is 2.92. The van der Waals surface area contributed by atoms with E-state index in [-0.39, 0.29) is 24.0 Å². The maximum atomic E-state index is 4.56. The van der Waals surface area contributed by atoms with Crippen LogP contribution in [0.4, 0.5) is 0 Å². The van der Waals surface area contributed by atoms with Gasteiger partial charge in [-0.25, -0.2) is 4.98 Å². The largest absolute Gasteiger partial charge is 0.354 e. The van der Waals surface area contributed by atoms with Crippen molar-refractivity contribution in [1.82, 2.24) is 15.6 Å². The Morgan fingerprint density at radius 3 is 2.75 bits per heavy atom. The maximum absolute atomic E-state index is 4.56. The summed E-state index contributed by atoms with van der Waals surface area (Å²) in [4.78, 5) is 8.85. The van der Waals surface area contributed by atoms with Crippen molar-refractivity contribution in [3.05, 3.63) is 16.1 Å². The zero-order valence-corrected chi connectivity index (χ0v) is 15.5. The van der Waals surface area contributed by atoms with Gasteiger partial charge in [0.05, 0.1) is 17.2 Å². The normalized spacial score (nSPS) is 16.6. The van der Waals surface area contributed by atoms with Gasteiger partial charge in [0, 0.05) is 18.5 Å². The van der Waals surface area contributed by atoms with Crippen LogP contribution in [0.25, 0.3) is 0 Å². The highest BCUT2D eigenvalue weighted by molar-refractivity contribution is 14.0. The summed E-state index contributed by atoms with van der Waals surface area (Å²) >= 11 is 1.73. The molecule has 20 heavy (non-hydrogen) atoms. The molecule has 2 N–H and O–H groups in total. The van der Waals surface area contributed by atoms with E-state index in [0.717, 1.165) is 24.6 Å². The molecule has 1 heterocycles. The van der Waals surface area contributed by atoms with Gasteiger partial charge in [0.15, 0.2) is 5.96 Å². The molecule has 1 aromatic heterocycles. The lowest BCUT2D eigenvalue weighted by Crippen LogP contribution is -2.43. The van der Waals surface area contributed by atoms with Gasteiger partial charge in [-0.15, -0.1) is 35.3 Å². The van der Waals surface area contributed by atoms with Crippen molar-refractivity contribution < 1.29 is 0 Å². The molecule has 1 aromatic rings. The Bertz CT molecular complexity index is 413. The van der Waals surface area contributed by atoms with E-state index >= 15 is 0 Å². The van der Waals surface area contributed by atoms with Gasteiger partial charge in [0.25, 0.3) is 0 Å². The fraction of sp³-hybridized carbons (Fsp3) is 0.714. The summed E-state index contributed by atoms with van der Waals surface area (Å²) in [6.45, 7) is 2.89. The van der Waals surface area contributed by atoms with Gasteiger partial charge in [-0.1, -0.05) is 26.2 Å². The average molecular weight is 408 g/mol. The van der Waals surface area contributed by atoms with Crippen LogP contribution >= 0.6 is 35.3 Å². The van der Waals surface area contributed by atoms with Crippen LogP contribution < -0.4 is 10.6 Å². The quantitative estimate of drug-likeness (QED) is 0.457. The standard InChI is InChI=1S/C14H24N4S.HI/c1-3-13-17-12(10-19-13)9-16-14(15-2)18-11-7-5-4-6-8-11;/h10-11H,3-9H2,1-2H3,(H2,15,16,18);1H. The minimum Gasteiger partial charge on any atom is -0.354 e. The number of aryl methyl sites for hydroxylation is 1. The van der Waals surface area contributed by atoms with Gasteiger partial charge < -0.3 is 10.6 Å². The van der Waals surface area contributed by atoms with Crippen molar-refractivity contribution in [1.29, 1.82) is 0 Å². The highest BCUT2D eigenvalue weighted by atomic mass is 127. The van der Waals surface area contributed by atoms with Crippen molar-refractivity contribution in [2.75, 3.05) is 7.05 Å². The van der Waals surface area contributed by atoms with E-state index in [2.05, 4.69) is 32.9 Å². The van der Waals surface area contributed by atoms with E-state index in [4.69, 9.17) is 0 Å². The Labute approximate surface area is 142 Å². The second-order valence-electron chi connectivity index (χ2n) is 4.99. The lowest BCUT2D eigenvalue weighted by atomic mass is 9.96. The lowest BCUT2D eigenvalue weighted by Gasteiger charge is -2.24. The van der Waals surface area contributed by atoms with Crippen LogP contribution in [0.3, 0.4) is 0 Å². The molecular weight excluding hydrogens is 383 g/mol. The first-order valence-electron chi connectivity index (χ1n) is 7.22. The molecule has 2 rings (SSSR count). The Hall–Kier alpha value is -0.370. The predicted molar refractivity (Wildman–Crippen MR) is 97.1 cm³/mol. The van der Waals surface area contributed by atoms with Crippen LogP contribution in [-0.4, -0.2) is 24.0 Å². The van der Waals surface area contributed by atoms with Crippen molar-refractivity contribution >= 4 is 41.3 Å². The monoisotopic (exact) mass is 408 g/mol. The summed E-state index contributed by atoms with van der Waals surface area (Å²) in [7, 11) is 1.83. The van der Waals surface area contributed by atoms with Gasteiger partial charge in [-0.3, -0.25) is 4.99 Å². The molecule has 0 unspecified atom stereocenters. The SMILES string of the molecule is CCc1nc(CNC(=NC)NC2CCCCC2)cs1.I. The second kappa shape index (κ2) is 9.55. The number of aromatic nitrogens is 1. The van der Waals surface area contributed by atoms with Crippen molar-refractivity contribution in [3.8, 4) is 0 Å². The van der Waals surface area contributed by atoms with Crippen LogP contribution in [0.5, 0.6) is 0 Å². The van der Waals surface area contributed by atoms with Gasteiger partial charge >= 0.3 is 0 Å². The number of aliphatic imine (C=N–C) groups is 1. The molecule has 0 saturated heterocycles. The molecule has 1 aliphatic rings. The summed E-state index contributed by atoms with van der Waals surface area (Å²) < 4.78 is 0. The first-order valence-corrected chi connectivity index (χ1v) is 8.10. The van der Waals surface area contributed by atoms with Gasteiger partial charge in [-0.05, 0) is 19.3 Å². The van der Waals surface area contributed by atoms with Crippen LogP contribution in [0.2, 0.25) is 0 Å². The molecule has 0 bridgehead atoms. The van der Waals surface area contributed by atoms with E-state index in [1.165, 1.54) is 37.1 Å². The van der Waals surface area contributed by atoms with Gasteiger partial charge in [-0.2, -0.15) is 0 Å². The Morgan fingerprint density at radius 1 is 1.40 bits per heavy atom. The summed E-state index contributed by atoms with van der Waals surface area (Å²) in [5.41, 5.74) is 1.11. The third kappa shape index (κ3) is 5.55. The topological polar surface area (TPSA) is 49.3 Å². The molecule has 0 aromatic carbocycles. The Kier molecular flexibility index (Phi) is 8.44. The zero-order chi connectivity index (χ0) is 13.5. The number of hydrogen-bond acceptors (Lipinski definition) is 3. The summed E-state index contributed by atoms with van der Waals surface area (Å²) in [6.07, 6.45) is 7.58. The summed E-state index contributed by atoms with van der Waals surface area (Å²) in [5.74, 6) is 0.901. The summed E-state index contributed by atoms with van der Waals surface area (Å²) in [5, 5.41) is 10.2. The first-order chi connectivity index (χ1) is 9.31. The number of rotatable bonds is 4. The fourth-order valence-electron chi connectivity index (χ4n) is 2.40. The number of nitrogens with zero attached hydrogens (tertiary/aromatic N) is 2. The molecule has 0 atom stereocenters. The molecule has 0 radical (unpaired) electrons. The summed E-state index contributed by atoms with van der Waals surface area (Å²) in [6, 6.07) is 0.585. The minimum absolute atomic E-state index is 0. The third-order valence-corrected chi connectivity index (χ3v) is 4.55. The number of thiazole rings is 1. The molecule has 1 aliphatic carbocycles. The van der Waals surface area contributed by atoms with Crippen LogP contribution in [-0.2, 0) is 13.0 Å². The highest BCUT2D eigenvalue weighted by Gasteiger charge is 2.14. The van der Waals surface area contributed by atoms with E-state index in [0.29, 0.717) is 6.04 Å². The number of hydrogen-bond donors (Lipinski definition) is 2. The zero-order valence-electron chi connectivity index (χ0n) is 12.3. The molecule has 0 aliphatic heterocycles. The van der Waals surface area contributed by atoms with Crippen LogP contribution in [0, 0.1) is 0 Å². The van der Waals surface area contributed by atoms with E-state index in [1.807, 2.05) is 7.05 Å². The predicted octanol–water partition coefficient (Wildman–Crippen LogP) is 3.32. The number of nitrogens with one attached hydrogen (secondary N) is 2. The molecule has 0 spiro atoms. The lowest BCUT2D eigenvalue weighted by molar-refractivity contribution is 0.410. The van der Waals surface area contributed by atoms with E-state index in [1.54, 1.807) is 11.3 Å².